The van der Waals surface area contributed by atoms with Crippen LogP contribution < -0.4 is 14.0 Å². The number of benzene rings is 7. The van der Waals surface area contributed by atoms with Crippen molar-refractivity contribution < 1.29 is 84.2 Å². The van der Waals surface area contributed by atoms with Crippen LogP contribution in [0.5, 0.6) is 17.2 Å². The smallest absolute Gasteiger partial charge is 0.486 e. The third kappa shape index (κ3) is 5.32. The van der Waals surface area contributed by atoms with Gasteiger partial charge in [-0.15, -0.1) is 0 Å². The zero-order chi connectivity index (χ0) is 41.1. The maximum Gasteiger partial charge on any atom is 0.864 e. The van der Waals surface area contributed by atoms with Gasteiger partial charge >= 0.3 is 7.32 Å². The largest absolute Gasteiger partial charge is 0.864 e. The van der Waals surface area contributed by atoms with Crippen LogP contribution in [0.1, 0.15) is 11.1 Å². The molecule has 0 bridgehead atoms. The number of halogens is 16. The lowest BCUT2D eigenvalue weighted by Gasteiger charge is -2.22. The molecule has 1 aliphatic carbocycles. The second kappa shape index (κ2) is 13.1. The quantitative estimate of drug-likeness (QED) is 0.0550. The molecule has 0 saturated carbocycles. The lowest BCUT2D eigenvalue weighted by Crippen LogP contribution is -2.38. The molecule has 0 heterocycles. The van der Waals surface area contributed by atoms with Crippen LogP contribution in [0, 0.1) is 93.1 Å². The molecule has 0 fully saturated rings. The molecular weight excluding hydrogens is 807 g/mol. The van der Waals surface area contributed by atoms with Crippen molar-refractivity contribution in [3.63, 3.8) is 0 Å². The minimum absolute atomic E-state index is 0.156. The van der Waals surface area contributed by atoms with Gasteiger partial charge in [0.1, 0.15) is 23.2 Å². The van der Waals surface area contributed by atoms with Crippen LogP contribution in [-0.2, 0) is 6.42 Å². The third-order valence-electron chi connectivity index (χ3n) is 9.14. The first-order valence-corrected chi connectivity index (χ1v) is 15.6. The summed E-state index contributed by atoms with van der Waals surface area (Å²) in [6.07, 6.45) is -0.739. The van der Waals surface area contributed by atoms with Crippen molar-refractivity contribution in [2.45, 2.75) is 6.42 Å². The van der Waals surface area contributed by atoms with E-state index in [0.717, 1.165) is 30.3 Å². The molecule has 7 aromatic carbocycles. The average Bonchev–Trinajstić information content (AvgIpc) is 3.58. The maximum atomic E-state index is 15.7. The van der Waals surface area contributed by atoms with E-state index in [4.69, 9.17) is 14.0 Å². The van der Waals surface area contributed by atoms with Crippen LogP contribution in [-0.4, -0.2) is 7.32 Å². The van der Waals surface area contributed by atoms with E-state index in [1.54, 1.807) is 0 Å². The normalized spacial score (nSPS) is 12.1. The van der Waals surface area contributed by atoms with Crippen molar-refractivity contribution in [2.24, 2.45) is 0 Å². The summed E-state index contributed by atoms with van der Waals surface area (Å²) in [4.78, 5) is 0. The SMILES string of the molecule is Fc1cccc2c1-c1c(F)c(F)c(F)c(OB(Oc3c(F)c(F)c(F)c4c(F)c5c(F)cccc5cc34)Oc3c(F)c(F)c(F)c4c(F)c(F)c(F)c(F)c34)c1C2. The summed E-state index contributed by atoms with van der Waals surface area (Å²) < 4.78 is 256. The average molecular weight is 816 g/mol. The van der Waals surface area contributed by atoms with Gasteiger partial charge in [0.15, 0.2) is 69.7 Å². The molecule has 57 heavy (non-hydrogen) atoms. The molecule has 7 aromatic rings. The number of hydrogen-bond donors (Lipinski definition) is 0. The second-order valence-electron chi connectivity index (χ2n) is 12.2. The Morgan fingerprint density at radius 1 is 0.386 bits per heavy atom. The van der Waals surface area contributed by atoms with E-state index in [-0.39, 0.29) is 5.56 Å². The molecule has 0 amide bonds. The highest BCUT2D eigenvalue weighted by Gasteiger charge is 2.43. The van der Waals surface area contributed by atoms with Gasteiger partial charge in [-0.2, -0.15) is 13.2 Å². The van der Waals surface area contributed by atoms with Crippen LogP contribution in [0.4, 0.5) is 70.2 Å². The summed E-state index contributed by atoms with van der Waals surface area (Å²) in [5.74, 6) is -43.4. The molecule has 0 atom stereocenters. The first-order valence-electron chi connectivity index (χ1n) is 15.6. The zero-order valence-electron chi connectivity index (χ0n) is 27.1. The first kappa shape index (κ1) is 37.6. The van der Waals surface area contributed by atoms with Gasteiger partial charge < -0.3 is 14.0 Å². The van der Waals surface area contributed by atoms with Crippen LogP contribution >= 0.6 is 0 Å². The highest BCUT2D eigenvalue weighted by atomic mass is 19.2. The van der Waals surface area contributed by atoms with Gasteiger partial charge in [-0.3, -0.25) is 0 Å². The fourth-order valence-electron chi connectivity index (χ4n) is 6.66. The molecule has 290 valence electrons. The zero-order valence-corrected chi connectivity index (χ0v) is 27.1. The predicted molar refractivity (Wildman–Crippen MR) is 167 cm³/mol. The number of rotatable bonds is 6. The fourth-order valence-corrected chi connectivity index (χ4v) is 6.66. The molecule has 8 rings (SSSR count). The number of fused-ring (bicyclic) bond motifs is 6. The fraction of sp³-hybridized carbons (Fsp3) is 0.0270. The minimum Gasteiger partial charge on any atom is -0.486 e. The summed E-state index contributed by atoms with van der Waals surface area (Å²) in [5.41, 5.74) is -2.66. The van der Waals surface area contributed by atoms with Crippen molar-refractivity contribution in [2.75, 3.05) is 0 Å². The topological polar surface area (TPSA) is 27.7 Å². The van der Waals surface area contributed by atoms with Crippen LogP contribution in [0.15, 0.2) is 42.5 Å². The minimum atomic E-state index is -3.48. The van der Waals surface area contributed by atoms with Crippen LogP contribution in [0.2, 0.25) is 0 Å². The maximum absolute atomic E-state index is 15.7. The van der Waals surface area contributed by atoms with Crippen molar-refractivity contribution in [1.82, 2.24) is 0 Å². The summed E-state index contributed by atoms with van der Waals surface area (Å²) in [7, 11) is -3.48. The van der Waals surface area contributed by atoms with Crippen LogP contribution in [0.25, 0.3) is 43.4 Å². The Labute approximate surface area is 305 Å². The van der Waals surface area contributed by atoms with Gasteiger partial charge in [-0.25, -0.2) is 57.1 Å². The monoisotopic (exact) mass is 816 g/mol. The molecule has 3 nitrogen and oxygen atoms in total. The van der Waals surface area contributed by atoms with E-state index in [2.05, 4.69) is 0 Å². The van der Waals surface area contributed by atoms with Crippen molar-refractivity contribution in [3.8, 4) is 28.4 Å². The lowest BCUT2D eigenvalue weighted by molar-refractivity contribution is 0.280. The van der Waals surface area contributed by atoms with Crippen LogP contribution in [0.3, 0.4) is 0 Å². The third-order valence-corrected chi connectivity index (χ3v) is 9.14. The van der Waals surface area contributed by atoms with E-state index >= 15 is 39.5 Å². The molecule has 0 radical (unpaired) electrons. The molecule has 0 saturated heterocycles. The van der Waals surface area contributed by atoms with E-state index in [1.807, 2.05) is 0 Å². The Hall–Kier alpha value is -6.34. The molecule has 0 spiro atoms. The Morgan fingerprint density at radius 2 is 0.877 bits per heavy atom. The van der Waals surface area contributed by atoms with Gasteiger partial charge in [0.25, 0.3) is 0 Å². The number of hydrogen-bond acceptors (Lipinski definition) is 3. The Morgan fingerprint density at radius 3 is 1.54 bits per heavy atom. The highest BCUT2D eigenvalue weighted by molar-refractivity contribution is 6.40. The van der Waals surface area contributed by atoms with E-state index < -0.39 is 173 Å². The standard InChI is InChI=1S/C37H9BF16O3/c39-13-5-1-3-9-7-11-17(15(9)13)22(42)29(49)32(52)35(11)55-38(57-37-20-19(25(45)31(51)34(37)54)24(44)27(47)28(48)26(20)46)56-36-12-8-10-4-2-6-14(40)16(10)21(41)18(12)23(43)30(50)33(36)53/h1-6,8H,7H2. The van der Waals surface area contributed by atoms with E-state index in [0.29, 0.717) is 12.1 Å². The van der Waals surface area contributed by atoms with Gasteiger partial charge in [0, 0.05) is 28.5 Å². The molecule has 1 aliphatic rings. The van der Waals surface area contributed by atoms with E-state index in [9.17, 15) is 30.7 Å². The summed E-state index contributed by atoms with van der Waals surface area (Å²) in [6.45, 7) is 0. The molecule has 0 N–H and O–H groups in total. The van der Waals surface area contributed by atoms with Crippen molar-refractivity contribution in [3.05, 3.63) is 147 Å². The van der Waals surface area contributed by atoms with Gasteiger partial charge in [0.2, 0.25) is 17.5 Å². The van der Waals surface area contributed by atoms with Crippen molar-refractivity contribution in [1.29, 1.82) is 0 Å². The highest BCUT2D eigenvalue weighted by Crippen LogP contribution is 2.48. The van der Waals surface area contributed by atoms with Gasteiger partial charge in [-0.1, -0.05) is 24.3 Å². The molecule has 0 aliphatic heterocycles. The summed E-state index contributed by atoms with van der Waals surface area (Å²) >= 11 is 0. The van der Waals surface area contributed by atoms with E-state index in [1.165, 1.54) is 0 Å². The Kier molecular flexibility index (Phi) is 8.65. The summed E-state index contributed by atoms with van der Waals surface area (Å²) in [5, 5.41) is -8.56. The molecule has 0 aromatic heterocycles. The Bertz CT molecular complexity index is 2950. The van der Waals surface area contributed by atoms with Gasteiger partial charge in [-0.05, 0) is 29.1 Å². The lowest BCUT2D eigenvalue weighted by atomic mass is 9.99. The second-order valence-corrected chi connectivity index (χ2v) is 12.2. The predicted octanol–water partition coefficient (Wildman–Crippen LogP) is 11.5. The molecule has 0 unspecified atom stereocenters. The Balaban J connectivity index is 1.41. The summed E-state index contributed by atoms with van der Waals surface area (Å²) in [6, 6.07) is 6.25. The first-order chi connectivity index (χ1) is 27.0. The van der Waals surface area contributed by atoms with Gasteiger partial charge in [0.05, 0.1) is 21.5 Å². The van der Waals surface area contributed by atoms with Crippen molar-refractivity contribution >= 4 is 39.6 Å². The molecule has 20 heteroatoms. The molecular formula is C37H9BF16O3.